The van der Waals surface area contributed by atoms with Gasteiger partial charge in [-0.05, 0) is 36.1 Å². The summed E-state index contributed by atoms with van der Waals surface area (Å²) in [6.07, 6.45) is 5.54. The van der Waals surface area contributed by atoms with Crippen LogP contribution in [0.25, 0.3) is 12.2 Å². The topological polar surface area (TPSA) is 34.3 Å². The van der Waals surface area contributed by atoms with Crippen molar-refractivity contribution in [1.29, 1.82) is 0 Å². The monoisotopic (exact) mass is 390 g/mol. The summed E-state index contributed by atoms with van der Waals surface area (Å²) in [6.45, 7) is 13.6. The molecule has 0 N–H and O–H groups in total. The van der Waals surface area contributed by atoms with E-state index in [1.807, 2.05) is 12.2 Å². The molecule has 3 heteroatoms. The summed E-state index contributed by atoms with van der Waals surface area (Å²) in [5.74, 6) is 0. The van der Waals surface area contributed by atoms with Crippen LogP contribution >= 0.6 is 0 Å². The van der Waals surface area contributed by atoms with Gasteiger partial charge in [-0.25, -0.2) is 0 Å². The van der Waals surface area contributed by atoms with Crippen molar-refractivity contribution in [1.82, 2.24) is 0 Å². The molecular weight excluding hydrogens is 360 g/mol. The van der Waals surface area contributed by atoms with E-state index in [-0.39, 0.29) is 12.2 Å². The maximum absolute atomic E-state index is 6.93. The van der Waals surface area contributed by atoms with Crippen LogP contribution in [-0.4, -0.2) is 36.6 Å². The highest BCUT2D eigenvalue weighted by Crippen LogP contribution is 2.41. The highest BCUT2D eigenvalue weighted by Gasteiger charge is 2.53. The minimum Gasteiger partial charge on any atom is -0.370 e. The summed E-state index contributed by atoms with van der Waals surface area (Å²) < 4.78 is 18.4. The van der Waals surface area contributed by atoms with Crippen molar-refractivity contribution in [2.24, 2.45) is 0 Å². The van der Waals surface area contributed by atoms with E-state index in [4.69, 9.17) is 14.2 Å². The van der Waals surface area contributed by atoms with Crippen LogP contribution in [0.3, 0.4) is 0 Å². The van der Waals surface area contributed by atoms with Crippen LogP contribution in [0.1, 0.15) is 36.1 Å². The Morgan fingerprint density at radius 3 is 1.62 bits per heavy atom. The Hall–Kier alpha value is -2.20. The number of benzene rings is 2. The molecule has 2 saturated heterocycles. The molecule has 0 radical (unpaired) electrons. The number of ether oxygens (including phenoxy) is 3. The third-order valence-electron chi connectivity index (χ3n) is 5.98. The fraction of sp³-hybridized carbons (Fsp3) is 0.385. The second kappa shape index (κ2) is 7.91. The van der Waals surface area contributed by atoms with E-state index in [9.17, 15) is 0 Å². The molecule has 0 aromatic heterocycles. The summed E-state index contributed by atoms with van der Waals surface area (Å²) in [7, 11) is 0. The Balaban J connectivity index is 1.58. The van der Waals surface area contributed by atoms with Crippen LogP contribution in [0, 0.1) is 0 Å². The lowest BCUT2D eigenvalue weighted by Gasteiger charge is -2.39. The van der Waals surface area contributed by atoms with Crippen molar-refractivity contribution in [2.75, 3.05) is 13.2 Å². The first-order valence-corrected chi connectivity index (χ1v) is 10.3. The zero-order valence-corrected chi connectivity index (χ0v) is 17.4. The molecule has 2 aliphatic rings. The van der Waals surface area contributed by atoms with E-state index in [1.54, 1.807) is 0 Å². The zero-order valence-electron chi connectivity index (χ0n) is 17.4. The van der Waals surface area contributed by atoms with E-state index in [0.29, 0.717) is 0 Å². The van der Waals surface area contributed by atoms with Gasteiger partial charge in [0.05, 0.1) is 24.4 Å². The lowest BCUT2D eigenvalue weighted by atomic mass is 9.87. The van der Waals surface area contributed by atoms with Gasteiger partial charge in [0.15, 0.2) is 0 Å². The molecule has 2 aromatic carbocycles. The van der Waals surface area contributed by atoms with E-state index >= 15 is 0 Å². The molecule has 4 unspecified atom stereocenters. The predicted octanol–water partition coefficient (Wildman–Crippen LogP) is 5.09. The molecule has 3 nitrogen and oxygen atoms in total. The first kappa shape index (κ1) is 20.1. The largest absolute Gasteiger partial charge is 0.370 e. The summed E-state index contributed by atoms with van der Waals surface area (Å²) in [5, 5.41) is 0. The predicted molar refractivity (Wildman–Crippen MR) is 118 cm³/mol. The van der Waals surface area contributed by atoms with Crippen LogP contribution in [0.2, 0.25) is 0 Å². The number of hydrogen-bond acceptors (Lipinski definition) is 3. The summed E-state index contributed by atoms with van der Waals surface area (Å²) in [4.78, 5) is 0. The molecule has 2 aliphatic heterocycles. The van der Waals surface area contributed by atoms with Gasteiger partial charge in [0.2, 0.25) is 0 Å². The number of epoxide rings is 2. The van der Waals surface area contributed by atoms with Crippen LogP contribution in [-0.2, 0) is 27.1 Å². The van der Waals surface area contributed by atoms with Crippen molar-refractivity contribution >= 4 is 12.2 Å². The Morgan fingerprint density at radius 2 is 1.28 bits per heavy atom. The molecule has 4 rings (SSSR count). The fourth-order valence-electron chi connectivity index (χ4n) is 4.24. The van der Waals surface area contributed by atoms with Gasteiger partial charge >= 0.3 is 0 Å². The van der Waals surface area contributed by atoms with Gasteiger partial charge in [0.1, 0.15) is 12.2 Å². The van der Waals surface area contributed by atoms with Crippen LogP contribution in [0.5, 0.6) is 0 Å². The summed E-state index contributed by atoms with van der Waals surface area (Å²) in [5.41, 5.74) is 3.86. The standard InChI is InChI=1S/C26H30O3/c1-5-19-9-7-11-21(13-19)15-25(3,23-17-27-23)29-26(4,24-18-28-24)16-22-12-8-10-20(6-2)14-22/h5-14,23-24H,1-2,15-18H2,3-4H3. The molecule has 0 saturated carbocycles. The van der Waals surface area contributed by atoms with Gasteiger partial charge in [-0.2, -0.15) is 0 Å². The molecule has 152 valence electrons. The van der Waals surface area contributed by atoms with Gasteiger partial charge in [0.25, 0.3) is 0 Å². The van der Waals surface area contributed by atoms with Gasteiger partial charge in [0, 0.05) is 12.8 Å². The molecule has 2 heterocycles. The van der Waals surface area contributed by atoms with E-state index in [0.717, 1.165) is 37.2 Å². The second-order valence-corrected chi connectivity index (χ2v) is 8.62. The molecule has 0 amide bonds. The molecule has 0 bridgehead atoms. The highest BCUT2D eigenvalue weighted by molar-refractivity contribution is 5.49. The SMILES string of the molecule is C=Cc1cccc(CC(C)(OC(C)(Cc2cccc(C=C)c2)C2CO2)C2CO2)c1. The maximum atomic E-state index is 6.93. The minimum absolute atomic E-state index is 0.104. The molecule has 4 atom stereocenters. The fourth-order valence-corrected chi connectivity index (χ4v) is 4.24. The van der Waals surface area contributed by atoms with Gasteiger partial charge < -0.3 is 14.2 Å². The molecule has 0 aliphatic carbocycles. The van der Waals surface area contributed by atoms with Crippen molar-refractivity contribution in [2.45, 2.75) is 50.1 Å². The summed E-state index contributed by atoms with van der Waals surface area (Å²) in [6, 6.07) is 16.9. The summed E-state index contributed by atoms with van der Waals surface area (Å²) >= 11 is 0. The highest BCUT2D eigenvalue weighted by atomic mass is 16.6. The van der Waals surface area contributed by atoms with Crippen LogP contribution < -0.4 is 0 Å². The lowest BCUT2D eigenvalue weighted by molar-refractivity contribution is -0.159. The van der Waals surface area contributed by atoms with Gasteiger partial charge in [-0.15, -0.1) is 0 Å². The quantitative estimate of drug-likeness (QED) is 0.530. The number of rotatable bonds is 10. The number of hydrogen-bond donors (Lipinski definition) is 0. The lowest BCUT2D eigenvalue weighted by Crippen LogP contribution is -2.50. The van der Waals surface area contributed by atoms with E-state index < -0.39 is 11.2 Å². The Bertz CT molecular complexity index is 823. The minimum atomic E-state index is -0.420. The van der Waals surface area contributed by atoms with Crippen molar-refractivity contribution in [3.63, 3.8) is 0 Å². The second-order valence-electron chi connectivity index (χ2n) is 8.62. The smallest absolute Gasteiger partial charge is 0.110 e. The van der Waals surface area contributed by atoms with Crippen molar-refractivity contribution in [3.8, 4) is 0 Å². The van der Waals surface area contributed by atoms with E-state index in [1.165, 1.54) is 11.1 Å². The Morgan fingerprint density at radius 1 is 0.862 bits per heavy atom. The van der Waals surface area contributed by atoms with Crippen molar-refractivity contribution < 1.29 is 14.2 Å². The zero-order chi connectivity index (χ0) is 20.5. The average Bonchev–Trinajstić information content (AvgIpc) is 3.59. The molecule has 0 spiro atoms. The van der Waals surface area contributed by atoms with Crippen LogP contribution in [0.4, 0.5) is 0 Å². The third kappa shape index (κ3) is 4.69. The molecular formula is C26H30O3. The van der Waals surface area contributed by atoms with Gasteiger partial charge in [-0.1, -0.05) is 73.8 Å². The van der Waals surface area contributed by atoms with Gasteiger partial charge in [-0.3, -0.25) is 0 Å². The molecule has 2 fully saturated rings. The normalized spacial score (nSPS) is 24.2. The Labute approximate surface area is 174 Å². The maximum Gasteiger partial charge on any atom is 0.110 e. The van der Waals surface area contributed by atoms with Crippen molar-refractivity contribution in [3.05, 3.63) is 83.9 Å². The third-order valence-corrected chi connectivity index (χ3v) is 5.98. The van der Waals surface area contributed by atoms with Crippen LogP contribution in [0.15, 0.2) is 61.7 Å². The van der Waals surface area contributed by atoms with E-state index in [2.05, 4.69) is 75.5 Å². The molecule has 29 heavy (non-hydrogen) atoms. The first-order valence-electron chi connectivity index (χ1n) is 10.3. The Kier molecular flexibility index (Phi) is 5.48. The average molecular weight is 391 g/mol. The first-order chi connectivity index (χ1) is 13.9. The molecule has 2 aromatic rings.